The lowest BCUT2D eigenvalue weighted by atomic mass is 9.93. The highest BCUT2D eigenvalue weighted by molar-refractivity contribution is 5.79. The molecule has 0 bridgehead atoms. The average molecular weight is 350 g/mol. The number of piperidine rings is 1. The van der Waals surface area contributed by atoms with Crippen molar-refractivity contribution in [1.82, 2.24) is 20.1 Å². The number of nitrogens with zero attached hydrogens (tertiary/aromatic N) is 3. The fourth-order valence-electron chi connectivity index (χ4n) is 3.64. The van der Waals surface area contributed by atoms with E-state index in [-0.39, 0.29) is 11.8 Å². The van der Waals surface area contributed by atoms with Gasteiger partial charge in [0.25, 0.3) is 0 Å². The maximum atomic E-state index is 12.8. The van der Waals surface area contributed by atoms with E-state index in [1.165, 1.54) is 0 Å². The van der Waals surface area contributed by atoms with Crippen molar-refractivity contribution in [2.75, 3.05) is 20.2 Å². The molecule has 1 amide bonds. The molecule has 1 aliphatic rings. The molecule has 0 aliphatic carbocycles. The highest BCUT2D eigenvalue weighted by atomic mass is 16.5. The fraction of sp³-hybridized carbons (Fsp3) is 0.350. The summed E-state index contributed by atoms with van der Waals surface area (Å²) in [5.74, 6) is 1.17. The van der Waals surface area contributed by atoms with Crippen LogP contribution in [0.2, 0.25) is 0 Å². The number of H-pyrrole nitrogens is 1. The SMILES string of the molecule is COc1ccccc1CC(=O)N1CCC[C@@H](c2ccc3cn[nH]c3n2)C1. The molecular formula is C20H22N4O2. The molecule has 0 unspecified atom stereocenters. The van der Waals surface area contributed by atoms with Gasteiger partial charge in [0.15, 0.2) is 5.65 Å². The molecule has 0 radical (unpaired) electrons. The predicted octanol–water partition coefficient (Wildman–Crippen LogP) is 2.92. The quantitative estimate of drug-likeness (QED) is 0.785. The predicted molar refractivity (Wildman–Crippen MR) is 99.1 cm³/mol. The second-order valence-electron chi connectivity index (χ2n) is 6.71. The Kier molecular flexibility index (Phi) is 4.56. The van der Waals surface area contributed by atoms with Gasteiger partial charge < -0.3 is 9.64 Å². The van der Waals surface area contributed by atoms with Crippen molar-refractivity contribution >= 4 is 16.9 Å². The number of carbonyl (C=O) groups excluding carboxylic acids is 1. The normalized spacial score (nSPS) is 17.4. The van der Waals surface area contributed by atoms with Gasteiger partial charge >= 0.3 is 0 Å². The molecule has 1 aromatic carbocycles. The van der Waals surface area contributed by atoms with Crippen LogP contribution in [0, 0.1) is 0 Å². The van der Waals surface area contributed by atoms with E-state index in [2.05, 4.69) is 21.2 Å². The van der Waals surface area contributed by atoms with Crippen LogP contribution < -0.4 is 4.74 Å². The molecule has 3 heterocycles. The van der Waals surface area contributed by atoms with Gasteiger partial charge in [-0.1, -0.05) is 18.2 Å². The van der Waals surface area contributed by atoms with Gasteiger partial charge in [-0.15, -0.1) is 0 Å². The highest BCUT2D eigenvalue weighted by Crippen LogP contribution is 2.28. The summed E-state index contributed by atoms with van der Waals surface area (Å²) in [6.07, 6.45) is 4.18. The number of aromatic nitrogens is 3. The van der Waals surface area contributed by atoms with Crippen LogP contribution in [0.25, 0.3) is 11.0 Å². The van der Waals surface area contributed by atoms with Gasteiger partial charge in [-0.25, -0.2) is 4.98 Å². The maximum absolute atomic E-state index is 12.8. The number of carbonyl (C=O) groups is 1. The van der Waals surface area contributed by atoms with Gasteiger partial charge in [0.2, 0.25) is 5.91 Å². The van der Waals surface area contributed by atoms with Crippen LogP contribution in [0.5, 0.6) is 5.75 Å². The number of nitrogens with one attached hydrogen (secondary N) is 1. The van der Waals surface area contributed by atoms with E-state index in [0.29, 0.717) is 13.0 Å². The number of amides is 1. The minimum Gasteiger partial charge on any atom is -0.496 e. The van der Waals surface area contributed by atoms with Gasteiger partial charge in [-0.2, -0.15) is 5.10 Å². The van der Waals surface area contributed by atoms with E-state index in [9.17, 15) is 4.79 Å². The lowest BCUT2D eigenvalue weighted by molar-refractivity contribution is -0.131. The number of hydrogen-bond donors (Lipinski definition) is 1. The zero-order chi connectivity index (χ0) is 17.9. The third-order valence-corrected chi connectivity index (χ3v) is 5.05. The number of fused-ring (bicyclic) bond motifs is 1. The minimum atomic E-state index is 0.141. The molecule has 1 aliphatic heterocycles. The van der Waals surface area contributed by atoms with Gasteiger partial charge in [0.1, 0.15) is 5.75 Å². The number of pyridine rings is 1. The number of rotatable bonds is 4. The summed E-state index contributed by atoms with van der Waals surface area (Å²) >= 11 is 0. The summed E-state index contributed by atoms with van der Waals surface area (Å²) in [7, 11) is 1.64. The zero-order valence-corrected chi connectivity index (χ0v) is 14.8. The molecule has 2 aromatic heterocycles. The van der Waals surface area contributed by atoms with E-state index in [0.717, 1.165) is 47.4 Å². The van der Waals surface area contributed by atoms with Gasteiger partial charge in [0.05, 0.1) is 19.7 Å². The van der Waals surface area contributed by atoms with E-state index in [1.54, 1.807) is 13.3 Å². The van der Waals surface area contributed by atoms with Crippen LogP contribution in [0.1, 0.15) is 30.0 Å². The molecule has 0 saturated carbocycles. The minimum absolute atomic E-state index is 0.141. The van der Waals surface area contributed by atoms with Crippen LogP contribution in [0.3, 0.4) is 0 Å². The first kappa shape index (κ1) is 16.6. The Balaban J connectivity index is 1.48. The Labute approximate surface area is 152 Å². The molecule has 1 N–H and O–H groups in total. The van der Waals surface area contributed by atoms with Crippen molar-refractivity contribution in [3.8, 4) is 5.75 Å². The molecule has 1 fully saturated rings. The fourth-order valence-corrected chi connectivity index (χ4v) is 3.64. The molecule has 1 atom stereocenters. The van der Waals surface area contributed by atoms with E-state index in [1.807, 2.05) is 35.2 Å². The zero-order valence-electron chi connectivity index (χ0n) is 14.8. The maximum Gasteiger partial charge on any atom is 0.227 e. The van der Waals surface area contributed by atoms with Crippen LogP contribution in [0.4, 0.5) is 0 Å². The molecule has 1 saturated heterocycles. The smallest absolute Gasteiger partial charge is 0.227 e. The molecule has 26 heavy (non-hydrogen) atoms. The number of likely N-dealkylation sites (tertiary alicyclic amines) is 1. The van der Waals surface area contributed by atoms with Crippen molar-refractivity contribution < 1.29 is 9.53 Å². The summed E-state index contributed by atoms with van der Waals surface area (Å²) in [5, 5.41) is 7.96. The Morgan fingerprint density at radius 2 is 2.19 bits per heavy atom. The van der Waals surface area contributed by atoms with Crippen molar-refractivity contribution in [1.29, 1.82) is 0 Å². The second kappa shape index (κ2) is 7.15. The Bertz CT molecular complexity index is 921. The summed E-state index contributed by atoms with van der Waals surface area (Å²) in [6.45, 7) is 1.51. The van der Waals surface area contributed by atoms with Crippen LogP contribution in [0.15, 0.2) is 42.6 Å². The number of para-hydroxylation sites is 1. The van der Waals surface area contributed by atoms with E-state index in [4.69, 9.17) is 4.74 Å². The molecule has 4 rings (SSSR count). The van der Waals surface area contributed by atoms with Crippen molar-refractivity contribution in [2.45, 2.75) is 25.2 Å². The Hall–Kier alpha value is -2.89. The lowest BCUT2D eigenvalue weighted by Gasteiger charge is -2.32. The van der Waals surface area contributed by atoms with E-state index >= 15 is 0 Å². The number of hydrogen-bond acceptors (Lipinski definition) is 4. The number of benzene rings is 1. The number of ether oxygens (including phenoxy) is 1. The summed E-state index contributed by atoms with van der Waals surface area (Å²) in [4.78, 5) is 19.5. The van der Waals surface area contributed by atoms with Crippen LogP contribution >= 0.6 is 0 Å². The highest BCUT2D eigenvalue weighted by Gasteiger charge is 2.26. The van der Waals surface area contributed by atoms with Crippen molar-refractivity contribution in [3.63, 3.8) is 0 Å². The van der Waals surface area contributed by atoms with Gasteiger partial charge in [-0.05, 0) is 31.0 Å². The lowest BCUT2D eigenvalue weighted by Crippen LogP contribution is -2.40. The van der Waals surface area contributed by atoms with Crippen molar-refractivity contribution in [2.24, 2.45) is 0 Å². The number of methoxy groups -OCH3 is 1. The van der Waals surface area contributed by atoms with Gasteiger partial charge in [-0.3, -0.25) is 9.89 Å². The van der Waals surface area contributed by atoms with E-state index < -0.39 is 0 Å². The molecule has 134 valence electrons. The summed E-state index contributed by atoms with van der Waals surface area (Å²) in [5.41, 5.74) is 2.76. The first-order valence-corrected chi connectivity index (χ1v) is 8.94. The third-order valence-electron chi connectivity index (χ3n) is 5.05. The Morgan fingerprint density at radius 3 is 3.08 bits per heavy atom. The standard InChI is InChI=1S/C20H22N4O2/c1-26-18-7-3-2-5-14(18)11-19(25)24-10-4-6-16(13-24)17-9-8-15-12-21-23-20(15)22-17/h2-3,5,7-9,12,16H,4,6,10-11,13H2,1H3,(H,21,22,23)/t16-/m1/s1. The largest absolute Gasteiger partial charge is 0.496 e. The molecular weight excluding hydrogens is 328 g/mol. The molecule has 0 spiro atoms. The molecule has 3 aromatic rings. The molecule has 6 nitrogen and oxygen atoms in total. The summed E-state index contributed by atoms with van der Waals surface area (Å²) < 4.78 is 5.37. The number of aromatic amines is 1. The second-order valence-corrected chi connectivity index (χ2v) is 6.71. The van der Waals surface area contributed by atoms with Crippen LogP contribution in [-0.2, 0) is 11.2 Å². The van der Waals surface area contributed by atoms with Crippen molar-refractivity contribution in [3.05, 3.63) is 53.9 Å². The summed E-state index contributed by atoms with van der Waals surface area (Å²) in [6, 6.07) is 11.8. The Morgan fingerprint density at radius 1 is 1.31 bits per heavy atom. The first-order valence-electron chi connectivity index (χ1n) is 8.94. The first-order chi connectivity index (χ1) is 12.7. The molecule has 6 heteroatoms. The van der Waals surface area contributed by atoms with Gasteiger partial charge in [0, 0.05) is 35.7 Å². The van der Waals surface area contributed by atoms with Crippen LogP contribution in [-0.4, -0.2) is 46.2 Å². The monoisotopic (exact) mass is 350 g/mol. The topological polar surface area (TPSA) is 71.1 Å². The average Bonchev–Trinajstić information content (AvgIpc) is 3.16. The third kappa shape index (κ3) is 3.27.